The highest BCUT2D eigenvalue weighted by atomic mass is 15.1. The summed E-state index contributed by atoms with van der Waals surface area (Å²) in [6, 6.07) is 85.3. The molecule has 2 nitrogen and oxygen atoms in total. The molecule has 0 radical (unpaired) electrons. The monoisotopic (exact) mass is 774 g/mol. The molecule has 0 spiro atoms. The summed E-state index contributed by atoms with van der Waals surface area (Å²) in [4.78, 5) is 2.50. The van der Waals surface area contributed by atoms with Gasteiger partial charge < -0.3 is 9.30 Å². The Morgan fingerprint density at radius 1 is 0.377 bits per heavy atom. The Kier molecular flexibility index (Phi) is 7.26. The van der Waals surface area contributed by atoms with Gasteiger partial charge in [0.25, 0.3) is 0 Å². The van der Waals surface area contributed by atoms with E-state index in [0.717, 1.165) is 17.1 Å². The van der Waals surface area contributed by atoms with E-state index in [-0.39, 0.29) is 0 Å². The zero-order chi connectivity index (χ0) is 40.1. The fraction of sp³-hybridized carbons (Fsp3) is 0.0169. The quantitative estimate of drug-likeness (QED) is 0.121. The molecule has 1 aliphatic carbocycles. The van der Waals surface area contributed by atoms with Crippen LogP contribution in [0.2, 0.25) is 0 Å². The van der Waals surface area contributed by atoms with E-state index in [4.69, 9.17) is 0 Å². The maximum atomic E-state index is 2.50. The van der Waals surface area contributed by atoms with Gasteiger partial charge >= 0.3 is 0 Å². The van der Waals surface area contributed by atoms with Crippen LogP contribution >= 0.6 is 0 Å². The van der Waals surface area contributed by atoms with Gasteiger partial charge in [0.1, 0.15) is 0 Å². The zero-order valence-corrected chi connectivity index (χ0v) is 33.3. The Labute approximate surface area is 354 Å². The van der Waals surface area contributed by atoms with Crippen LogP contribution in [0.3, 0.4) is 0 Å². The molecule has 13 rings (SSSR count). The highest BCUT2D eigenvalue weighted by Gasteiger charge is 2.47. The van der Waals surface area contributed by atoms with Crippen molar-refractivity contribution in [1.82, 2.24) is 4.40 Å². The van der Waals surface area contributed by atoms with Crippen molar-refractivity contribution in [1.29, 1.82) is 0 Å². The van der Waals surface area contributed by atoms with Gasteiger partial charge in [-0.2, -0.15) is 0 Å². The van der Waals surface area contributed by atoms with Gasteiger partial charge in [-0.1, -0.05) is 188 Å². The molecule has 12 aromatic rings. The summed E-state index contributed by atoms with van der Waals surface area (Å²) in [7, 11) is 0. The van der Waals surface area contributed by atoms with Gasteiger partial charge in [-0.15, -0.1) is 0 Å². The summed E-state index contributed by atoms with van der Waals surface area (Å²) in [5, 5.41) is 7.66. The zero-order valence-electron chi connectivity index (χ0n) is 33.3. The molecule has 284 valence electrons. The lowest BCUT2D eigenvalue weighted by Gasteiger charge is -2.34. The Morgan fingerprint density at radius 3 is 1.77 bits per heavy atom. The van der Waals surface area contributed by atoms with Crippen molar-refractivity contribution in [3.8, 4) is 22.3 Å². The number of fused-ring (bicyclic) bond motifs is 9. The second-order valence-corrected chi connectivity index (χ2v) is 16.4. The number of benzene rings is 10. The van der Waals surface area contributed by atoms with Gasteiger partial charge in [-0.3, -0.25) is 0 Å². The van der Waals surface area contributed by atoms with Gasteiger partial charge in [0.15, 0.2) is 0 Å². The first-order valence-corrected chi connectivity index (χ1v) is 21.2. The molecule has 2 aromatic heterocycles. The van der Waals surface area contributed by atoms with Crippen molar-refractivity contribution in [3.63, 3.8) is 0 Å². The Hall–Kier alpha value is -7.94. The predicted molar refractivity (Wildman–Crippen MR) is 256 cm³/mol. The number of hydrogen-bond acceptors (Lipinski definition) is 1. The van der Waals surface area contributed by atoms with E-state index in [9.17, 15) is 0 Å². The first kappa shape index (κ1) is 34.0. The second-order valence-electron chi connectivity index (χ2n) is 16.4. The number of para-hydroxylation sites is 1. The van der Waals surface area contributed by atoms with Gasteiger partial charge in [-0.05, 0) is 92.2 Å². The van der Waals surface area contributed by atoms with Crippen molar-refractivity contribution in [2.45, 2.75) is 5.41 Å². The van der Waals surface area contributed by atoms with Crippen molar-refractivity contribution >= 4 is 65.9 Å². The molecular formula is C59H38N2. The average molecular weight is 775 g/mol. The smallest absolute Gasteiger partial charge is 0.0714 e. The number of pyridine rings is 1. The standard InChI is InChI=1S/C59H38N2/c1-4-16-39(17-5-1)40-30-33-44(34-31-40)60(45-35-37-54-50(38-45)48-36-32-41-18-14-25-47-46-23-11-13-28-53(46)61(54)58(48)56(41)47)55-29-15-27-52-57(55)49-24-10-12-26-51(49)59(52,42-19-6-2-7-20-42)43-21-8-3-9-22-43/h1-38H. The SMILES string of the molecule is c1ccc(-c2ccc(N(c3ccc4c(c3)c3ccc5cccc6c7ccccc7n4c3c56)c3cccc4c3-c3ccccc3C4(c3ccccc3)c3ccccc3)cc2)cc1. The topological polar surface area (TPSA) is 7.65 Å². The summed E-state index contributed by atoms with van der Waals surface area (Å²) in [6.45, 7) is 0. The Bertz CT molecular complexity index is 3570. The maximum absolute atomic E-state index is 2.50. The fourth-order valence-corrected chi connectivity index (χ4v) is 10.9. The molecule has 0 saturated heterocycles. The molecule has 0 bridgehead atoms. The van der Waals surface area contributed by atoms with E-state index in [2.05, 4.69) is 240 Å². The number of hydrogen-bond donors (Lipinski definition) is 0. The average Bonchev–Trinajstić information content (AvgIpc) is 3.84. The lowest BCUT2D eigenvalue weighted by molar-refractivity contribution is 0.768. The van der Waals surface area contributed by atoms with E-state index < -0.39 is 5.41 Å². The van der Waals surface area contributed by atoms with Gasteiger partial charge in [0, 0.05) is 38.5 Å². The van der Waals surface area contributed by atoms with Crippen LogP contribution in [0.1, 0.15) is 22.3 Å². The molecule has 0 unspecified atom stereocenters. The molecule has 0 fully saturated rings. The molecule has 1 aliphatic rings. The van der Waals surface area contributed by atoms with Crippen LogP contribution in [0.5, 0.6) is 0 Å². The Morgan fingerprint density at radius 2 is 0.984 bits per heavy atom. The summed E-state index contributed by atoms with van der Waals surface area (Å²) < 4.78 is 2.50. The van der Waals surface area contributed by atoms with Crippen LogP contribution < -0.4 is 4.90 Å². The molecule has 0 N–H and O–H groups in total. The van der Waals surface area contributed by atoms with Crippen molar-refractivity contribution in [2.75, 3.05) is 4.90 Å². The minimum Gasteiger partial charge on any atom is -0.310 e. The third-order valence-electron chi connectivity index (χ3n) is 13.4. The number of nitrogens with zero attached hydrogens (tertiary/aromatic N) is 2. The largest absolute Gasteiger partial charge is 0.310 e. The van der Waals surface area contributed by atoms with Crippen LogP contribution in [-0.2, 0) is 5.41 Å². The summed E-state index contributed by atoms with van der Waals surface area (Å²) >= 11 is 0. The summed E-state index contributed by atoms with van der Waals surface area (Å²) in [5.41, 5.74) is 16.6. The molecule has 0 aliphatic heterocycles. The van der Waals surface area contributed by atoms with Crippen LogP contribution in [0.15, 0.2) is 231 Å². The van der Waals surface area contributed by atoms with Crippen molar-refractivity contribution in [2.24, 2.45) is 0 Å². The molecule has 2 heteroatoms. The molecule has 0 atom stereocenters. The van der Waals surface area contributed by atoms with Crippen LogP contribution in [0.4, 0.5) is 17.1 Å². The first-order valence-electron chi connectivity index (χ1n) is 21.2. The third kappa shape index (κ3) is 4.73. The molecule has 0 saturated carbocycles. The normalized spacial score (nSPS) is 13.0. The molecular weight excluding hydrogens is 737 g/mol. The minimum atomic E-state index is -0.508. The molecule has 0 amide bonds. The van der Waals surface area contributed by atoms with E-state index in [1.54, 1.807) is 0 Å². The summed E-state index contributed by atoms with van der Waals surface area (Å²) in [5.74, 6) is 0. The van der Waals surface area contributed by atoms with Gasteiger partial charge in [0.05, 0.1) is 27.7 Å². The second kappa shape index (κ2) is 13.0. The Balaban J connectivity index is 1.11. The fourth-order valence-electron chi connectivity index (χ4n) is 10.9. The van der Waals surface area contributed by atoms with E-state index in [0.29, 0.717) is 0 Å². The third-order valence-corrected chi connectivity index (χ3v) is 13.4. The minimum absolute atomic E-state index is 0.508. The number of rotatable bonds is 6. The van der Waals surface area contributed by atoms with Crippen LogP contribution in [0, 0.1) is 0 Å². The van der Waals surface area contributed by atoms with Crippen LogP contribution in [-0.4, -0.2) is 4.40 Å². The molecule has 2 heterocycles. The molecule has 10 aromatic carbocycles. The van der Waals surface area contributed by atoms with Crippen molar-refractivity contribution in [3.05, 3.63) is 253 Å². The van der Waals surface area contributed by atoms with E-state index in [1.807, 2.05) is 0 Å². The van der Waals surface area contributed by atoms with E-state index in [1.165, 1.54) is 93.4 Å². The first-order chi connectivity index (χ1) is 30.3. The van der Waals surface area contributed by atoms with Gasteiger partial charge in [0.2, 0.25) is 0 Å². The predicted octanol–water partition coefficient (Wildman–Crippen LogP) is 15.5. The lowest BCUT2D eigenvalue weighted by atomic mass is 9.68. The maximum Gasteiger partial charge on any atom is 0.0714 e. The lowest BCUT2D eigenvalue weighted by Crippen LogP contribution is -2.28. The highest BCUT2D eigenvalue weighted by Crippen LogP contribution is 2.59. The van der Waals surface area contributed by atoms with E-state index >= 15 is 0 Å². The summed E-state index contributed by atoms with van der Waals surface area (Å²) in [6.07, 6.45) is 0. The highest BCUT2D eigenvalue weighted by molar-refractivity contribution is 6.28. The van der Waals surface area contributed by atoms with Crippen molar-refractivity contribution < 1.29 is 0 Å². The van der Waals surface area contributed by atoms with Gasteiger partial charge in [-0.25, -0.2) is 0 Å². The number of aromatic nitrogens is 1. The molecule has 61 heavy (non-hydrogen) atoms. The number of anilines is 3. The van der Waals surface area contributed by atoms with Crippen LogP contribution in [0.25, 0.3) is 71.1 Å².